The van der Waals surface area contributed by atoms with E-state index in [1.165, 1.54) is 70.7 Å². The molecule has 0 N–H and O–H groups in total. The summed E-state index contributed by atoms with van der Waals surface area (Å²) in [7, 11) is -0.310. The van der Waals surface area contributed by atoms with Crippen molar-refractivity contribution in [3.05, 3.63) is 101 Å². The smallest absolute Gasteiger partial charge is 1.00 e. The monoisotopic (exact) mass is 620 g/mol. The van der Waals surface area contributed by atoms with Crippen molar-refractivity contribution in [2.45, 2.75) is 58.0 Å². The molecule has 0 bridgehead atoms. The fraction of sp³-hybridized carbons (Fsp3) is 0.281. The van der Waals surface area contributed by atoms with E-state index >= 15 is 0 Å². The average Bonchev–Trinajstić information content (AvgIpc) is 3.52. The Kier molecular flexibility index (Phi) is 12.5. The maximum Gasteiger partial charge on any atom is 3.00 e. The van der Waals surface area contributed by atoms with Crippen molar-refractivity contribution < 1.29 is 51.0 Å². The van der Waals surface area contributed by atoms with Gasteiger partial charge in [-0.3, -0.25) is 0 Å². The number of rotatable bonds is 3. The molecule has 3 aliphatic rings. The van der Waals surface area contributed by atoms with Crippen LogP contribution in [-0.4, -0.2) is 19.8 Å². The number of nitrogens with zero attached hydrogens (tertiary/aromatic N) is 1. The minimum absolute atomic E-state index is 0. The molecule has 2 aliphatic carbocycles. The van der Waals surface area contributed by atoms with Crippen LogP contribution in [0.1, 0.15) is 50.5 Å². The van der Waals surface area contributed by atoms with E-state index in [9.17, 15) is 0 Å². The van der Waals surface area contributed by atoms with Gasteiger partial charge in [0, 0.05) is 14.0 Å². The third kappa shape index (κ3) is 7.99. The van der Waals surface area contributed by atoms with Crippen LogP contribution in [0.2, 0.25) is 13.1 Å². The summed E-state index contributed by atoms with van der Waals surface area (Å²) in [4.78, 5) is 4.54. The summed E-state index contributed by atoms with van der Waals surface area (Å²) in [5.74, 6) is 0.798. The van der Waals surface area contributed by atoms with Crippen LogP contribution in [0.15, 0.2) is 101 Å². The Balaban J connectivity index is 0.000000264. The predicted molar refractivity (Wildman–Crippen MR) is 152 cm³/mol. The Morgan fingerprint density at radius 3 is 2.24 bits per heavy atom. The number of fused-ring (bicyclic) bond motifs is 2. The van der Waals surface area contributed by atoms with Gasteiger partial charge in [-0.2, -0.15) is 0 Å². The molecule has 5 heteroatoms. The normalized spacial score (nSPS) is 15.9. The van der Waals surface area contributed by atoms with Gasteiger partial charge in [0.25, 0.3) is 0 Å². The van der Waals surface area contributed by atoms with Gasteiger partial charge in [0.2, 0.25) is 0 Å². The molecule has 1 nitrogen and oxygen atoms in total. The molecule has 1 fully saturated rings. The van der Waals surface area contributed by atoms with Crippen LogP contribution < -0.4 is 24.8 Å². The minimum Gasteiger partial charge on any atom is -1.00 e. The summed E-state index contributed by atoms with van der Waals surface area (Å²) in [5, 5.41) is 2.67. The van der Waals surface area contributed by atoms with Gasteiger partial charge in [0.15, 0.2) is 0 Å². The molecule has 1 saturated carbocycles. The summed E-state index contributed by atoms with van der Waals surface area (Å²) >= 11 is 0. The second-order valence-corrected chi connectivity index (χ2v) is 12.5. The fourth-order valence-electron chi connectivity index (χ4n) is 5.27. The first kappa shape index (κ1) is 31.7. The van der Waals surface area contributed by atoms with E-state index in [0.717, 1.165) is 17.3 Å². The summed E-state index contributed by atoms with van der Waals surface area (Å²) in [6.07, 6.45) is 13.5. The molecule has 0 amide bonds. The molecule has 6 rings (SSSR count). The summed E-state index contributed by atoms with van der Waals surface area (Å²) in [6, 6.07) is 22.5. The van der Waals surface area contributed by atoms with E-state index in [4.69, 9.17) is 0 Å². The van der Waals surface area contributed by atoms with E-state index in [2.05, 4.69) is 110 Å². The van der Waals surface area contributed by atoms with Gasteiger partial charge in [-0.1, -0.05) is 86.1 Å². The van der Waals surface area contributed by atoms with Crippen molar-refractivity contribution in [2.24, 2.45) is 4.99 Å². The third-order valence-corrected chi connectivity index (χ3v) is 7.84. The second kappa shape index (κ2) is 14.6. The Morgan fingerprint density at radius 1 is 0.892 bits per heavy atom. The molecule has 0 spiro atoms. The number of hydrogen-bond donors (Lipinski definition) is 0. The minimum atomic E-state index is -0.310. The molecule has 3 aromatic carbocycles. The Bertz CT molecular complexity index is 1320. The Hall–Kier alpha value is -1.51. The molecule has 1 radical (unpaired) electrons. The fourth-order valence-corrected chi connectivity index (χ4v) is 6.01. The number of allylic oxidation sites excluding steroid dienone is 4. The quantitative estimate of drug-likeness (QED) is 0.315. The molecule has 0 saturated heterocycles. The zero-order valence-corrected chi connectivity index (χ0v) is 26.9. The molecule has 37 heavy (non-hydrogen) atoms. The summed E-state index contributed by atoms with van der Waals surface area (Å²) in [5.41, 5.74) is 11.4. The van der Waals surface area contributed by atoms with Crippen molar-refractivity contribution >= 4 is 30.6 Å². The number of aliphatic imine (C=N–C) groups is 1. The zero-order chi connectivity index (χ0) is 23.5. The first-order valence-corrected chi connectivity index (χ1v) is 15.2. The van der Waals surface area contributed by atoms with E-state index in [-0.39, 0.29) is 59.4 Å². The molecule has 1 heterocycles. The molecule has 3 aromatic rings. The maximum atomic E-state index is 4.54. The van der Waals surface area contributed by atoms with Crippen LogP contribution in [0.4, 0.5) is 0 Å². The summed E-state index contributed by atoms with van der Waals surface area (Å²) in [6.45, 7) is 6.66. The van der Waals surface area contributed by atoms with Crippen molar-refractivity contribution in [1.29, 1.82) is 0 Å². The summed E-state index contributed by atoms with van der Waals surface area (Å²) < 4.78 is 0. The van der Waals surface area contributed by atoms with E-state index < -0.39 is 0 Å². The SMILES string of the molecule is CC1=CC2=CC(C=[Si](C)C)=NC2=C1.[Cl-].[Cl-].[Zr+3].c1ccc2[cH-]c(-c3ccc(C4CCCCC4)cc3)cc2c1. The molecule has 0 aromatic heterocycles. The van der Waals surface area contributed by atoms with Gasteiger partial charge in [-0.15, -0.1) is 34.5 Å². The second-order valence-electron chi connectivity index (χ2n) is 10.1. The van der Waals surface area contributed by atoms with Gasteiger partial charge < -0.3 is 24.8 Å². The van der Waals surface area contributed by atoms with E-state index in [1.54, 1.807) is 0 Å². The molecular weight excluding hydrogens is 589 g/mol. The molecule has 1 aliphatic heterocycles. The van der Waals surface area contributed by atoms with Crippen molar-refractivity contribution in [3.63, 3.8) is 0 Å². The topological polar surface area (TPSA) is 12.4 Å². The first-order chi connectivity index (χ1) is 16.5. The molecular formula is C32H34Cl2NSiZr. The van der Waals surface area contributed by atoms with Crippen molar-refractivity contribution in [3.8, 4) is 11.1 Å². The average molecular weight is 623 g/mol. The predicted octanol–water partition coefficient (Wildman–Crippen LogP) is 2.63. The first-order valence-electron chi connectivity index (χ1n) is 12.7. The number of benzene rings is 2. The van der Waals surface area contributed by atoms with Crippen LogP contribution >= 0.6 is 0 Å². The van der Waals surface area contributed by atoms with Crippen LogP contribution in [0.25, 0.3) is 21.9 Å². The molecule has 0 atom stereocenters. The van der Waals surface area contributed by atoms with Crippen LogP contribution in [0, 0.1) is 0 Å². The third-order valence-electron chi connectivity index (χ3n) is 6.97. The van der Waals surface area contributed by atoms with E-state index in [1.807, 2.05) is 0 Å². The standard InChI is InChI=1S/C21H21.C11H13NSi.2ClH.Zr/c1-2-6-16(7-3-1)17-10-12-18(13-11-17)21-14-19-8-4-5-9-20(19)15-21;1-8-4-9-6-10(7-13(2)3)12-11(9)5-8;;;/h4-5,8-16H,1-3,6-7H2;4-7H,1-3H3;2*1H;/q-1;;;;+3/p-2. The molecule has 189 valence electrons. The largest absolute Gasteiger partial charge is 3.00 e. The Morgan fingerprint density at radius 2 is 1.59 bits per heavy atom. The van der Waals surface area contributed by atoms with Gasteiger partial charge >= 0.3 is 26.2 Å². The maximum absolute atomic E-state index is 4.54. The Labute approximate surface area is 255 Å². The van der Waals surface area contributed by atoms with Crippen LogP contribution in [0.5, 0.6) is 0 Å². The van der Waals surface area contributed by atoms with Crippen molar-refractivity contribution in [2.75, 3.05) is 0 Å². The molecule has 0 unspecified atom stereocenters. The van der Waals surface area contributed by atoms with Gasteiger partial charge in [0.05, 0.1) is 11.4 Å². The van der Waals surface area contributed by atoms with Crippen LogP contribution in [0.3, 0.4) is 0 Å². The number of halogens is 2. The van der Waals surface area contributed by atoms with Gasteiger partial charge in [-0.25, -0.2) is 4.99 Å². The van der Waals surface area contributed by atoms with Gasteiger partial charge in [0.1, 0.15) is 0 Å². The van der Waals surface area contributed by atoms with E-state index in [0.29, 0.717) is 0 Å². The van der Waals surface area contributed by atoms with Crippen LogP contribution in [-0.2, 0) is 26.2 Å². The van der Waals surface area contributed by atoms with Gasteiger partial charge in [-0.05, 0) is 55.0 Å². The van der Waals surface area contributed by atoms with Crippen molar-refractivity contribution in [1.82, 2.24) is 0 Å². The number of hydrogen-bond acceptors (Lipinski definition) is 1. The zero-order valence-electron chi connectivity index (χ0n) is 21.9.